The van der Waals surface area contributed by atoms with E-state index in [4.69, 9.17) is 8.85 Å². The molecular formula is C19H39NO2Si. The van der Waals surface area contributed by atoms with Crippen molar-refractivity contribution in [2.45, 2.75) is 89.3 Å². The van der Waals surface area contributed by atoms with Crippen molar-refractivity contribution in [2.24, 2.45) is 11.8 Å². The molecule has 2 fully saturated rings. The van der Waals surface area contributed by atoms with Crippen LogP contribution in [0.2, 0.25) is 6.04 Å². The molecule has 0 amide bonds. The fourth-order valence-corrected chi connectivity index (χ4v) is 8.62. The quantitative estimate of drug-likeness (QED) is 0.458. The van der Waals surface area contributed by atoms with E-state index < -0.39 is 8.56 Å². The monoisotopic (exact) mass is 341 g/mol. The molecule has 1 N–H and O–H groups in total. The molecule has 0 aromatic heterocycles. The second-order valence-electron chi connectivity index (χ2n) is 7.67. The molecule has 0 aromatic carbocycles. The Morgan fingerprint density at radius 3 is 2.35 bits per heavy atom. The first-order valence-electron chi connectivity index (χ1n) is 10.1. The number of hydrogen-bond donors (Lipinski definition) is 1. The standard InChI is InChI=1S/C19H39NO2Si/c1-4-5-6-7-8-11-16-23(21-2,22-3)19-18-13-10-9-12-17(18)14-15-20-19/h17-20H,4-16H2,1-3H3. The van der Waals surface area contributed by atoms with Gasteiger partial charge in [0.25, 0.3) is 0 Å². The Morgan fingerprint density at radius 1 is 0.913 bits per heavy atom. The van der Waals surface area contributed by atoms with Crippen molar-refractivity contribution < 1.29 is 8.85 Å². The molecule has 1 aliphatic carbocycles. The Labute approximate surface area is 145 Å². The number of rotatable bonds is 10. The highest BCUT2D eigenvalue weighted by atomic mass is 28.4. The van der Waals surface area contributed by atoms with Crippen LogP contribution in [-0.4, -0.2) is 35.0 Å². The molecule has 3 atom stereocenters. The third-order valence-electron chi connectivity index (χ3n) is 6.32. The first-order chi connectivity index (χ1) is 11.3. The molecule has 136 valence electrons. The van der Waals surface area contributed by atoms with Gasteiger partial charge in [-0.15, -0.1) is 0 Å². The summed E-state index contributed by atoms with van der Waals surface area (Å²) < 4.78 is 12.3. The molecule has 0 aromatic rings. The molecule has 1 saturated carbocycles. The second kappa shape index (κ2) is 10.2. The first-order valence-corrected chi connectivity index (χ1v) is 12.2. The van der Waals surface area contributed by atoms with Gasteiger partial charge >= 0.3 is 8.56 Å². The van der Waals surface area contributed by atoms with E-state index >= 15 is 0 Å². The van der Waals surface area contributed by atoms with Crippen LogP contribution < -0.4 is 5.32 Å². The van der Waals surface area contributed by atoms with E-state index in [-0.39, 0.29) is 0 Å². The van der Waals surface area contributed by atoms with Crippen LogP contribution in [0.1, 0.15) is 77.6 Å². The van der Waals surface area contributed by atoms with Gasteiger partial charge in [-0.3, -0.25) is 0 Å². The predicted octanol–water partition coefficient (Wildman–Crippen LogP) is 4.79. The van der Waals surface area contributed by atoms with Gasteiger partial charge in [-0.25, -0.2) is 0 Å². The molecule has 2 rings (SSSR count). The molecule has 4 heteroatoms. The van der Waals surface area contributed by atoms with Crippen molar-refractivity contribution in [3.8, 4) is 0 Å². The van der Waals surface area contributed by atoms with Crippen LogP contribution >= 0.6 is 0 Å². The Morgan fingerprint density at radius 2 is 1.61 bits per heavy atom. The summed E-state index contributed by atoms with van der Waals surface area (Å²) in [6.07, 6.45) is 15.1. The highest BCUT2D eigenvalue weighted by Crippen LogP contribution is 2.41. The second-order valence-corrected chi connectivity index (χ2v) is 11.2. The van der Waals surface area contributed by atoms with Crippen molar-refractivity contribution >= 4 is 8.56 Å². The Hall–Kier alpha value is 0.0969. The van der Waals surface area contributed by atoms with Crippen molar-refractivity contribution in [1.82, 2.24) is 5.32 Å². The summed E-state index contributed by atoms with van der Waals surface area (Å²) in [4.78, 5) is 0. The maximum absolute atomic E-state index is 6.16. The minimum absolute atomic E-state index is 0.507. The lowest BCUT2D eigenvalue weighted by Gasteiger charge is -2.48. The summed E-state index contributed by atoms with van der Waals surface area (Å²) in [5, 5.41) is 3.83. The van der Waals surface area contributed by atoms with Gasteiger partial charge in [-0.05, 0) is 37.3 Å². The van der Waals surface area contributed by atoms with E-state index in [2.05, 4.69) is 12.2 Å². The van der Waals surface area contributed by atoms with Crippen molar-refractivity contribution in [1.29, 1.82) is 0 Å². The number of fused-ring (bicyclic) bond motifs is 1. The lowest BCUT2D eigenvalue weighted by molar-refractivity contribution is 0.122. The molecule has 1 saturated heterocycles. The van der Waals surface area contributed by atoms with Gasteiger partial charge < -0.3 is 14.2 Å². The lowest BCUT2D eigenvalue weighted by Crippen LogP contribution is -2.65. The van der Waals surface area contributed by atoms with Crippen molar-refractivity contribution in [3.63, 3.8) is 0 Å². The van der Waals surface area contributed by atoms with Gasteiger partial charge in [0, 0.05) is 14.2 Å². The largest absolute Gasteiger partial charge is 0.397 e. The van der Waals surface area contributed by atoms with Crippen LogP contribution in [0.5, 0.6) is 0 Å². The normalized spacial score (nSPS) is 28.6. The molecule has 0 radical (unpaired) electrons. The Bertz CT molecular complexity index is 320. The van der Waals surface area contributed by atoms with Gasteiger partial charge in [0.05, 0.1) is 5.67 Å². The molecule has 3 unspecified atom stereocenters. The fraction of sp³-hybridized carbons (Fsp3) is 1.00. The van der Waals surface area contributed by atoms with E-state index in [1.165, 1.54) is 70.6 Å². The lowest BCUT2D eigenvalue weighted by atomic mass is 9.75. The number of unbranched alkanes of at least 4 members (excludes halogenated alkanes) is 5. The molecule has 3 nitrogen and oxygen atoms in total. The molecule has 2 aliphatic rings. The van der Waals surface area contributed by atoms with Crippen LogP contribution in [0.4, 0.5) is 0 Å². The Balaban J connectivity index is 1.92. The smallest absolute Gasteiger partial charge is 0.355 e. The highest BCUT2D eigenvalue weighted by Gasteiger charge is 2.51. The van der Waals surface area contributed by atoms with E-state index in [0.717, 1.165) is 24.4 Å². The fourth-order valence-electron chi connectivity index (χ4n) is 4.94. The molecule has 0 spiro atoms. The summed E-state index contributed by atoms with van der Waals surface area (Å²) in [6.45, 7) is 3.44. The van der Waals surface area contributed by atoms with Crippen LogP contribution in [-0.2, 0) is 8.85 Å². The maximum Gasteiger partial charge on any atom is 0.355 e. The molecular weight excluding hydrogens is 302 g/mol. The topological polar surface area (TPSA) is 30.5 Å². The molecule has 0 bridgehead atoms. The average Bonchev–Trinajstić information content (AvgIpc) is 2.61. The van der Waals surface area contributed by atoms with Crippen LogP contribution in [0.3, 0.4) is 0 Å². The highest BCUT2D eigenvalue weighted by molar-refractivity contribution is 6.69. The predicted molar refractivity (Wildman–Crippen MR) is 99.8 cm³/mol. The van der Waals surface area contributed by atoms with Crippen LogP contribution in [0, 0.1) is 11.8 Å². The zero-order valence-corrected chi connectivity index (χ0v) is 16.7. The number of piperidine rings is 1. The summed E-state index contributed by atoms with van der Waals surface area (Å²) in [7, 11) is 1.68. The van der Waals surface area contributed by atoms with Gasteiger partial charge in [0.15, 0.2) is 0 Å². The third kappa shape index (κ3) is 5.04. The van der Waals surface area contributed by atoms with Crippen LogP contribution in [0.15, 0.2) is 0 Å². The summed E-state index contributed by atoms with van der Waals surface area (Å²) >= 11 is 0. The number of hydrogen-bond acceptors (Lipinski definition) is 3. The zero-order valence-electron chi connectivity index (χ0n) is 15.7. The zero-order chi connectivity index (χ0) is 16.5. The minimum Gasteiger partial charge on any atom is -0.397 e. The van der Waals surface area contributed by atoms with Crippen molar-refractivity contribution in [2.75, 3.05) is 20.8 Å². The van der Waals surface area contributed by atoms with Crippen molar-refractivity contribution in [3.05, 3.63) is 0 Å². The molecule has 1 heterocycles. The number of nitrogens with one attached hydrogen (secondary N) is 1. The average molecular weight is 342 g/mol. The van der Waals surface area contributed by atoms with Gasteiger partial charge in [-0.1, -0.05) is 64.7 Å². The van der Waals surface area contributed by atoms with E-state index in [1.54, 1.807) is 0 Å². The third-order valence-corrected chi connectivity index (χ3v) is 10.3. The Kier molecular flexibility index (Phi) is 8.59. The van der Waals surface area contributed by atoms with Gasteiger partial charge in [0.2, 0.25) is 0 Å². The molecule has 1 aliphatic heterocycles. The first kappa shape index (κ1) is 19.4. The minimum atomic E-state index is -2.13. The van der Waals surface area contributed by atoms with Crippen LogP contribution in [0.25, 0.3) is 0 Å². The SMILES string of the molecule is CCCCCCCC[Si](OC)(OC)C1NCCC2CCCCC21. The van der Waals surface area contributed by atoms with Gasteiger partial charge in [0.1, 0.15) is 0 Å². The maximum atomic E-state index is 6.16. The van der Waals surface area contributed by atoms with E-state index in [0.29, 0.717) is 5.67 Å². The summed E-state index contributed by atoms with van der Waals surface area (Å²) in [6, 6.07) is 1.16. The summed E-state index contributed by atoms with van der Waals surface area (Å²) in [5.41, 5.74) is 0.507. The van der Waals surface area contributed by atoms with Gasteiger partial charge in [-0.2, -0.15) is 0 Å². The molecule has 23 heavy (non-hydrogen) atoms. The summed E-state index contributed by atoms with van der Waals surface area (Å²) in [5.74, 6) is 1.71. The van der Waals surface area contributed by atoms with E-state index in [9.17, 15) is 0 Å². The van der Waals surface area contributed by atoms with E-state index in [1.807, 2.05) is 14.2 Å².